The summed E-state index contributed by atoms with van der Waals surface area (Å²) in [5.41, 5.74) is 7.00. The fourth-order valence-corrected chi connectivity index (χ4v) is 2.73. The second kappa shape index (κ2) is 7.68. The molecule has 0 aliphatic rings. The summed E-state index contributed by atoms with van der Waals surface area (Å²) in [4.78, 5) is 11.5. The molecule has 0 aliphatic carbocycles. The van der Waals surface area contributed by atoms with Gasteiger partial charge in [-0.3, -0.25) is 9.36 Å². The van der Waals surface area contributed by atoms with Gasteiger partial charge in [-0.05, 0) is 18.9 Å². The van der Waals surface area contributed by atoms with Gasteiger partial charge in [0, 0.05) is 5.75 Å². The highest BCUT2D eigenvalue weighted by Gasteiger charge is 2.14. The predicted octanol–water partition coefficient (Wildman–Crippen LogP) is 1.76. The summed E-state index contributed by atoms with van der Waals surface area (Å²) >= 11 is 1.52. The number of thioether (sulfide) groups is 1. The minimum atomic E-state index is -0.339. The number of ether oxygens (including phenoxy) is 1. The molecule has 0 saturated heterocycles. The number of nitrogens with two attached hydrogens (primary N) is 1. The maximum Gasteiger partial charge on any atom is 0.326 e. The van der Waals surface area contributed by atoms with Crippen molar-refractivity contribution >= 4 is 23.7 Å². The molecule has 0 fully saturated rings. The minimum Gasteiger partial charge on any atom is -0.465 e. The summed E-state index contributed by atoms with van der Waals surface area (Å²) in [6.07, 6.45) is 0.914. The number of esters is 1. The molecule has 0 saturated carbocycles. The first-order valence-electron chi connectivity index (χ1n) is 6.71. The van der Waals surface area contributed by atoms with Crippen molar-refractivity contribution in [2.24, 2.45) is 0 Å². The van der Waals surface area contributed by atoms with Gasteiger partial charge in [0.05, 0.1) is 6.61 Å². The minimum absolute atomic E-state index is 0.0420. The van der Waals surface area contributed by atoms with Gasteiger partial charge < -0.3 is 10.5 Å². The lowest BCUT2D eigenvalue weighted by Gasteiger charge is -2.07. The van der Waals surface area contributed by atoms with Crippen LogP contribution >= 0.6 is 11.8 Å². The average Bonchev–Trinajstić information content (AvgIpc) is 2.82. The van der Waals surface area contributed by atoms with E-state index in [2.05, 4.69) is 22.3 Å². The Labute approximate surface area is 127 Å². The molecule has 1 aromatic heterocycles. The van der Waals surface area contributed by atoms with E-state index in [9.17, 15) is 4.79 Å². The average molecular weight is 306 g/mol. The lowest BCUT2D eigenvalue weighted by molar-refractivity contribution is -0.143. The van der Waals surface area contributed by atoms with Crippen molar-refractivity contribution < 1.29 is 9.53 Å². The van der Waals surface area contributed by atoms with Crippen molar-refractivity contribution in [1.29, 1.82) is 0 Å². The Morgan fingerprint density at radius 2 is 2.10 bits per heavy atom. The number of anilines is 1. The van der Waals surface area contributed by atoms with E-state index in [-0.39, 0.29) is 18.5 Å². The Balaban J connectivity index is 1.92. The van der Waals surface area contributed by atoms with E-state index >= 15 is 0 Å². The first kappa shape index (κ1) is 15.4. The molecule has 2 aromatic rings. The molecule has 0 bridgehead atoms. The van der Waals surface area contributed by atoms with Gasteiger partial charge in [-0.2, -0.15) is 0 Å². The largest absolute Gasteiger partial charge is 0.465 e. The summed E-state index contributed by atoms with van der Waals surface area (Å²) in [5.74, 6) is 0.726. The summed E-state index contributed by atoms with van der Waals surface area (Å²) in [6, 6.07) is 10.2. The van der Waals surface area contributed by atoms with Crippen LogP contribution < -0.4 is 5.73 Å². The Morgan fingerprint density at radius 1 is 1.33 bits per heavy atom. The molecule has 0 aliphatic heterocycles. The molecule has 0 spiro atoms. The van der Waals surface area contributed by atoms with Gasteiger partial charge in [-0.15, -0.1) is 10.2 Å². The zero-order valence-corrected chi connectivity index (χ0v) is 12.7. The van der Waals surface area contributed by atoms with Gasteiger partial charge in [-0.1, -0.05) is 42.1 Å². The molecule has 1 heterocycles. The lowest BCUT2D eigenvalue weighted by atomic mass is 10.2. The highest BCUT2D eigenvalue weighted by atomic mass is 32.2. The molecule has 0 unspecified atom stereocenters. The second-order valence-corrected chi connectivity index (χ2v) is 5.38. The van der Waals surface area contributed by atoms with Crippen LogP contribution in [0.2, 0.25) is 0 Å². The maximum absolute atomic E-state index is 11.5. The molecule has 0 amide bonds. The summed E-state index contributed by atoms with van der Waals surface area (Å²) in [7, 11) is 0. The smallest absolute Gasteiger partial charge is 0.326 e. The fourth-order valence-electron chi connectivity index (χ4n) is 1.80. The van der Waals surface area contributed by atoms with Crippen molar-refractivity contribution in [1.82, 2.24) is 14.8 Å². The number of hydrogen-bond acceptors (Lipinski definition) is 6. The van der Waals surface area contributed by atoms with Crippen molar-refractivity contribution in [3.8, 4) is 0 Å². The molecule has 21 heavy (non-hydrogen) atoms. The van der Waals surface area contributed by atoms with Crippen LogP contribution in [-0.2, 0) is 22.5 Å². The van der Waals surface area contributed by atoms with E-state index < -0.39 is 0 Å². The molecular formula is C14H18N4O2S. The molecular weight excluding hydrogens is 288 g/mol. The van der Waals surface area contributed by atoms with E-state index in [1.165, 1.54) is 17.3 Å². The number of carbonyl (C=O) groups excluding carboxylic acids is 1. The summed E-state index contributed by atoms with van der Waals surface area (Å²) in [5, 5.41) is 8.46. The number of rotatable bonds is 7. The van der Waals surface area contributed by atoms with Gasteiger partial charge >= 0.3 is 5.97 Å². The fraction of sp³-hybridized carbons (Fsp3) is 0.357. The third-order valence-corrected chi connectivity index (χ3v) is 3.77. The van der Waals surface area contributed by atoms with Gasteiger partial charge in [0.2, 0.25) is 5.95 Å². The maximum atomic E-state index is 11.5. The van der Waals surface area contributed by atoms with Crippen molar-refractivity contribution in [3.63, 3.8) is 0 Å². The normalized spacial score (nSPS) is 10.5. The number of carbonyl (C=O) groups is 1. The van der Waals surface area contributed by atoms with Gasteiger partial charge in [0.15, 0.2) is 5.16 Å². The Hall–Kier alpha value is -2.02. The number of benzene rings is 1. The first-order valence-corrected chi connectivity index (χ1v) is 7.70. The number of nitrogen functional groups attached to an aromatic ring is 1. The standard InChI is InChI=1S/C14H18N4O2S/c1-2-20-12(19)10-18-13(15)16-17-14(18)21-9-8-11-6-4-3-5-7-11/h3-7H,2,8-10H2,1H3,(H2,15,16). The Kier molecular flexibility index (Phi) is 5.62. The third kappa shape index (κ3) is 4.49. The van der Waals surface area contributed by atoms with Crippen LogP contribution in [0.5, 0.6) is 0 Å². The Bertz CT molecular complexity index is 586. The predicted molar refractivity (Wildman–Crippen MR) is 81.9 cm³/mol. The van der Waals surface area contributed by atoms with Crippen LogP contribution in [0.4, 0.5) is 5.95 Å². The van der Waals surface area contributed by atoms with E-state index in [0.717, 1.165) is 12.2 Å². The van der Waals surface area contributed by atoms with Crippen molar-refractivity contribution in [2.45, 2.75) is 25.0 Å². The SMILES string of the molecule is CCOC(=O)Cn1c(N)nnc1SCCc1ccccc1. The highest BCUT2D eigenvalue weighted by molar-refractivity contribution is 7.99. The number of hydrogen-bond donors (Lipinski definition) is 1. The van der Waals surface area contributed by atoms with Crippen molar-refractivity contribution in [2.75, 3.05) is 18.1 Å². The molecule has 6 nitrogen and oxygen atoms in total. The second-order valence-electron chi connectivity index (χ2n) is 4.32. The quantitative estimate of drug-likeness (QED) is 0.620. The molecule has 0 radical (unpaired) electrons. The van der Waals surface area contributed by atoms with E-state index in [4.69, 9.17) is 10.5 Å². The van der Waals surface area contributed by atoms with Crippen LogP contribution in [0.15, 0.2) is 35.5 Å². The lowest BCUT2D eigenvalue weighted by Crippen LogP contribution is -2.16. The number of aromatic nitrogens is 3. The van der Waals surface area contributed by atoms with Crippen LogP contribution in [0.25, 0.3) is 0 Å². The number of nitrogens with zero attached hydrogens (tertiary/aromatic N) is 3. The molecule has 0 atom stereocenters. The zero-order chi connectivity index (χ0) is 15.1. The van der Waals surface area contributed by atoms with Gasteiger partial charge in [-0.25, -0.2) is 0 Å². The molecule has 7 heteroatoms. The van der Waals surface area contributed by atoms with Crippen molar-refractivity contribution in [3.05, 3.63) is 35.9 Å². The van der Waals surface area contributed by atoms with Gasteiger partial charge in [0.1, 0.15) is 6.54 Å². The van der Waals surface area contributed by atoms with E-state index in [1.54, 1.807) is 11.5 Å². The molecule has 2 N–H and O–H groups in total. The van der Waals surface area contributed by atoms with Crippen LogP contribution in [0.1, 0.15) is 12.5 Å². The summed E-state index contributed by atoms with van der Waals surface area (Å²) in [6.45, 7) is 2.15. The Morgan fingerprint density at radius 3 is 2.81 bits per heavy atom. The van der Waals surface area contributed by atoms with E-state index in [1.807, 2.05) is 18.2 Å². The highest BCUT2D eigenvalue weighted by Crippen LogP contribution is 2.19. The first-order chi connectivity index (χ1) is 10.2. The van der Waals surface area contributed by atoms with Gasteiger partial charge in [0.25, 0.3) is 0 Å². The van der Waals surface area contributed by atoms with Crippen LogP contribution in [-0.4, -0.2) is 33.1 Å². The topological polar surface area (TPSA) is 83.0 Å². The molecule has 2 rings (SSSR count). The summed E-state index contributed by atoms with van der Waals surface area (Å²) < 4.78 is 6.50. The molecule has 1 aromatic carbocycles. The zero-order valence-electron chi connectivity index (χ0n) is 11.9. The third-order valence-electron chi connectivity index (χ3n) is 2.80. The monoisotopic (exact) mass is 306 g/mol. The molecule has 112 valence electrons. The van der Waals surface area contributed by atoms with Crippen LogP contribution in [0.3, 0.4) is 0 Å². The number of aryl methyl sites for hydroxylation is 1. The van der Waals surface area contributed by atoms with Crippen LogP contribution in [0, 0.1) is 0 Å². The van der Waals surface area contributed by atoms with E-state index in [0.29, 0.717) is 11.8 Å².